The zero-order chi connectivity index (χ0) is 20.7. The van der Waals surface area contributed by atoms with Crippen LogP contribution in [-0.2, 0) is 19.1 Å². The van der Waals surface area contributed by atoms with Gasteiger partial charge in [-0.05, 0) is 43.2 Å². The molecule has 8 heteroatoms. The first-order valence-corrected chi connectivity index (χ1v) is 9.28. The molecule has 2 N–H and O–H groups in total. The molecule has 0 spiro atoms. The highest BCUT2D eigenvalue weighted by Gasteiger charge is 2.13. The van der Waals surface area contributed by atoms with Crippen molar-refractivity contribution >= 4 is 52.4 Å². The Bertz CT molecular complexity index is 878. The maximum atomic E-state index is 12.0. The van der Waals surface area contributed by atoms with Crippen LogP contribution in [0.4, 0.5) is 11.4 Å². The Morgan fingerprint density at radius 1 is 0.929 bits per heavy atom. The summed E-state index contributed by atoms with van der Waals surface area (Å²) in [5.74, 6) is -1.51. The molecule has 0 fully saturated rings. The van der Waals surface area contributed by atoms with E-state index < -0.39 is 18.5 Å². The summed E-state index contributed by atoms with van der Waals surface area (Å²) < 4.78 is 4.88. The average molecular weight is 423 g/mol. The highest BCUT2D eigenvalue weighted by atomic mass is 35.5. The number of hydrogen-bond donors (Lipinski definition) is 2. The molecule has 0 aliphatic rings. The van der Waals surface area contributed by atoms with Crippen molar-refractivity contribution in [3.8, 4) is 0 Å². The number of carbonyl (C=O) groups excluding carboxylic acids is 3. The lowest BCUT2D eigenvalue weighted by atomic mass is 10.1. The molecule has 0 unspecified atom stereocenters. The van der Waals surface area contributed by atoms with Gasteiger partial charge in [-0.1, -0.05) is 41.4 Å². The van der Waals surface area contributed by atoms with E-state index in [1.54, 1.807) is 18.2 Å². The summed E-state index contributed by atoms with van der Waals surface area (Å²) in [6.07, 6.45) is -0.185. The minimum Gasteiger partial charge on any atom is -0.456 e. The van der Waals surface area contributed by atoms with Crippen LogP contribution in [0.3, 0.4) is 0 Å². The van der Waals surface area contributed by atoms with E-state index in [1.807, 2.05) is 32.0 Å². The van der Waals surface area contributed by atoms with Crippen molar-refractivity contribution in [1.82, 2.24) is 0 Å². The molecule has 0 saturated heterocycles. The van der Waals surface area contributed by atoms with Gasteiger partial charge in [0.2, 0.25) is 5.91 Å². The zero-order valence-electron chi connectivity index (χ0n) is 15.5. The third-order valence-corrected chi connectivity index (χ3v) is 4.63. The molecular formula is C20H20Cl2N2O4. The van der Waals surface area contributed by atoms with Crippen molar-refractivity contribution in [3.63, 3.8) is 0 Å². The number of rotatable bonds is 7. The molecule has 0 radical (unpaired) electrons. The Labute approximate surface area is 173 Å². The van der Waals surface area contributed by atoms with Gasteiger partial charge in [0.1, 0.15) is 0 Å². The van der Waals surface area contributed by atoms with Crippen molar-refractivity contribution in [1.29, 1.82) is 0 Å². The van der Waals surface area contributed by atoms with E-state index >= 15 is 0 Å². The number of nitrogens with one attached hydrogen (secondary N) is 2. The second-order valence-corrected chi connectivity index (χ2v) is 6.96. The Balaban J connectivity index is 1.74. The van der Waals surface area contributed by atoms with E-state index in [0.29, 0.717) is 16.4 Å². The van der Waals surface area contributed by atoms with Gasteiger partial charge in [-0.25, -0.2) is 0 Å². The van der Waals surface area contributed by atoms with Crippen molar-refractivity contribution in [2.45, 2.75) is 26.7 Å². The van der Waals surface area contributed by atoms with Crippen molar-refractivity contribution in [2.24, 2.45) is 0 Å². The van der Waals surface area contributed by atoms with Crippen LogP contribution in [0, 0.1) is 13.8 Å². The van der Waals surface area contributed by atoms with Crippen LogP contribution >= 0.6 is 23.2 Å². The van der Waals surface area contributed by atoms with Crippen LogP contribution in [0.1, 0.15) is 24.0 Å². The summed E-state index contributed by atoms with van der Waals surface area (Å²) in [5, 5.41) is 5.76. The molecule has 0 saturated carbocycles. The number of carbonyl (C=O) groups is 3. The molecule has 2 aromatic rings. The maximum absolute atomic E-state index is 12.0. The highest BCUT2D eigenvalue weighted by molar-refractivity contribution is 6.44. The summed E-state index contributed by atoms with van der Waals surface area (Å²) >= 11 is 11.8. The highest BCUT2D eigenvalue weighted by Crippen LogP contribution is 2.29. The van der Waals surface area contributed by atoms with Gasteiger partial charge >= 0.3 is 5.97 Å². The van der Waals surface area contributed by atoms with Gasteiger partial charge in [0.05, 0.1) is 22.2 Å². The van der Waals surface area contributed by atoms with Crippen molar-refractivity contribution in [2.75, 3.05) is 17.2 Å². The molecule has 0 aliphatic carbocycles. The van der Waals surface area contributed by atoms with Gasteiger partial charge < -0.3 is 15.4 Å². The molecule has 0 aliphatic heterocycles. The van der Waals surface area contributed by atoms with Gasteiger partial charge in [-0.2, -0.15) is 0 Å². The molecule has 2 rings (SSSR count). The minimum absolute atomic E-state index is 0.0477. The summed E-state index contributed by atoms with van der Waals surface area (Å²) in [6.45, 7) is 3.32. The third-order valence-electron chi connectivity index (χ3n) is 3.81. The lowest BCUT2D eigenvalue weighted by Gasteiger charge is -2.10. The molecule has 28 heavy (non-hydrogen) atoms. The minimum atomic E-state index is -0.650. The van der Waals surface area contributed by atoms with E-state index in [-0.39, 0.29) is 23.8 Å². The number of hydrogen-bond acceptors (Lipinski definition) is 4. The molecule has 0 aromatic heterocycles. The first kappa shape index (κ1) is 21.7. The van der Waals surface area contributed by atoms with Gasteiger partial charge in [-0.3, -0.25) is 14.4 Å². The first-order valence-electron chi connectivity index (χ1n) is 8.53. The van der Waals surface area contributed by atoms with Crippen molar-refractivity contribution in [3.05, 3.63) is 57.6 Å². The van der Waals surface area contributed by atoms with Crippen molar-refractivity contribution < 1.29 is 19.1 Å². The van der Waals surface area contributed by atoms with Crippen LogP contribution in [-0.4, -0.2) is 24.4 Å². The number of benzene rings is 2. The van der Waals surface area contributed by atoms with Gasteiger partial charge in [0.25, 0.3) is 5.91 Å². The fourth-order valence-electron chi connectivity index (χ4n) is 2.30. The van der Waals surface area contributed by atoms with Crippen LogP contribution < -0.4 is 10.6 Å². The SMILES string of the molecule is Cc1ccc(C)c(NC(=O)CCC(=O)OCC(=O)Nc2cccc(Cl)c2Cl)c1. The quantitative estimate of drug-likeness (QED) is 0.642. The Morgan fingerprint density at radius 2 is 1.64 bits per heavy atom. The summed E-state index contributed by atoms with van der Waals surface area (Å²) in [5.41, 5.74) is 2.98. The molecule has 0 bridgehead atoms. The molecule has 2 aromatic carbocycles. The number of halogens is 2. The summed E-state index contributed by atoms with van der Waals surface area (Å²) in [4.78, 5) is 35.6. The standard InChI is InChI=1S/C20H20Cl2N2O4/c1-12-6-7-13(2)16(10-12)24-17(25)8-9-19(27)28-11-18(26)23-15-5-3-4-14(21)20(15)22/h3-7,10H,8-9,11H2,1-2H3,(H,23,26)(H,24,25). The van der Waals surface area contributed by atoms with E-state index in [0.717, 1.165) is 11.1 Å². The molecule has 0 heterocycles. The number of ether oxygens (including phenoxy) is 1. The largest absolute Gasteiger partial charge is 0.456 e. The van der Waals surface area contributed by atoms with Gasteiger partial charge in [-0.15, -0.1) is 0 Å². The molecular weight excluding hydrogens is 403 g/mol. The number of esters is 1. The number of amides is 2. The zero-order valence-corrected chi connectivity index (χ0v) is 17.0. The fraction of sp³-hybridized carbons (Fsp3) is 0.250. The lowest BCUT2D eigenvalue weighted by Crippen LogP contribution is -2.22. The third kappa shape index (κ3) is 6.55. The average Bonchev–Trinajstić information content (AvgIpc) is 2.65. The topological polar surface area (TPSA) is 84.5 Å². The number of anilines is 2. The van der Waals surface area contributed by atoms with Gasteiger partial charge in [0.15, 0.2) is 6.61 Å². The van der Waals surface area contributed by atoms with E-state index in [2.05, 4.69) is 10.6 Å². The summed E-state index contributed by atoms with van der Waals surface area (Å²) in [7, 11) is 0. The second kappa shape index (κ2) is 10.1. The Morgan fingerprint density at radius 3 is 2.39 bits per heavy atom. The van der Waals surface area contributed by atoms with Crippen LogP contribution in [0.5, 0.6) is 0 Å². The lowest BCUT2D eigenvalue weighted by molar-refractivity contribution is -0.147. The van der Waals surface area contributed by atoms with E-state index in [1.165, 1.54) is 0 Å². The Hall–Kier alpha value is -2.57. The van der Waals surface area contributed by atoms with E-state index in [9.17, 15) is 14.4 Å². The van der Waals surface area contributed by atoms with Crippen LogP contribution in [0.2, 0.25) is 10.0 Å². The Kier molecular flexibility index (Phi) is 7.84. The second-order valence-electron chi connectivity index (χ2n) is 6.18. The molecule has 2 amide bonds. The number of aryl methyl sites for hydroxylation is 2. The van der Waals surface area contributed by atoms with E-state index in [4.69, 9.17) is 27.9 Å². The van der Waals surface area contributed by atoms with Crippen LogP contribution in [0.15, 0.2) is 36.4 Å². The molecule has 0 atom stereocenters. The predicted octanol–water partition coefficient (Wildman–Crippen LogP) is 4.51. The maximum Gasteiger partial charge on any atom is 0.306 e. The fourth-order valence-corrected chi connectivity index (χ4v) is 2.65. The van der Waals surface area contributed by atoms with Gasteiger partial charge in [0, 0.05) is 12.1 Å². The predicted molar refractivity (Wildman–Crippen MR) is 110 cm³/mol. The van der Waals surface area contributed by atoms with Crippen LogP contribution in [0.25, 0.3) is 0 Å². The normalized spacial score (nSPS) is 10.3. The molecule has 148 valence electrons. The smallest absolute Gasteiger partial charge is 0.306 e. The monoisotopic (exact) mass is 422 g/mol. The molecule has 6 nitrogen and oxygen atoms in total. The first-order chi connectivity index (χ1) is 13.3. The summed E-state index contributed by atoms with van der Waals surface area (Å²) in [6, 6.07) is 10.5.